The Kier molecular flexibility index (Phi) is 5.88. The predicted octanol–water partition coefficient (Wildman–Crippen LogP) is 2.43. The van der Waals surface area contributed by atoms with Crippen LogP contribution in [0.3, 0.4) is 0 Å². The molecule has 0 amide bonds. The van der Waals surface area contributed by atoms with Crippen LogP contribution < -0.4 is 10.2 Å². The molecule has 1 fully saturated rings. The largest absolute Gasteiger partial charge is 0.390 e. The summed E-state index contributed by atoms with van der Waals surface area (Å²) in [4.78, 5) is 2.33. The highest BCUT2D eigenvalue weighted by Crippen LogP contribution is 2.30. The Morgan fingerprint density at radius 1 is 1.38 bits per heavy atom. The van der Waals surface area contributed by atoms with Gasteiger partial charge in [-0.25, -0.2) is 0 Å². The summed E-state index contributed by atoms with van der Waals surface area (Å²) < 4.78 is 5.05. The van der Waals surface area contributed by atoms with Crippen LogP contribution >= 0.6 is 11.6 Å². The first-order chi connectivity index (χ1) is 10.0. The molecule has 0 spiro atoms. The third-order valence-electron chi connectivity index (χ3n) is 4.02. The molecular formula is C16H25ClN2O2. The number of hydrogen-bond donors (Lipinski definition) is 2. The Bertz CT molecular complexity index is 456. The molecule has 1 aromatic carbocycles. The molecule has 0 unspecified atom stereocenters. The fraction of sp³-hybridized carbons (Fsp3) is 0.625. The molecule has 118 valence electrons. The summed E-state index contributed by atoms with van der Waals surface area (Å²) >= 11 is 6.13. The Morgan fingerprint density at radius 3 is 2.76 bits per heavy atom. The number of rotatable bonds is 6. The first kappa shape index (κ1) is 16.6. The molecular weight excluding hydrogens is 288 g/mol. The van der Waals surface area contributed by atoms with Crippen molar-refractivity contribution in [2.24, 2.45) is 0 Å². The van der Waals surface area contributed by atoms with Crippen LogP contribution in [0, 0.1) is 0 Å². The van der Waals surface area contributed by atoms with Gasteiger partial charge in [0.05, 0.1) is 12.2 Å². The van der Waals surface area contributed by atoms with E-state index in [1.807, 2.05) is 19.1 Å². The maximum atomic E-state index is 10.1. The lowest BCUT2D eigenvalue weighted by Crippen LogP contribution is -2.42. The number of benzene rings is 1. The van der Waals surface area contributed by atoms with Crippen molar-refractivity contribution in [1.82, 2.24) is 5.32 Å². The number of anilines is 1. The number of ether oxygens (including phenoxy) is 1. The maximum Gasteiger partial charge on any atom is 0.0653 e. The van der Waals surface area contributed by atoms with E-state index in [0.29, 0.717) is 6.61 Å². The summed E-state index contributed by atoms with van der Waals surface area (Å²) in [6, 6.07) is 6.03. The average molecular weight is 313 g/mol. The molecule has 1 heterocycles. The summed E-state index contributed by atoms with van der Waals surface area (Å²) in [5.41, 5.74) is 1.87. The van der Waals surface area contributed by atoms with Gasteiger partial charge in [0.1, 0.15) is 0 Å². The zero-order valence-corrected chi connectivity index (χ0v) is 13.6. The lowest BCUT2D eigenvalue weighted by atomic mass is 9.93. The van der Waals surface area contributed by atoms with Crippen LogP contribution in [0.25, 0.3) is 0 Å². The second-order valence-electron chi connectivity index (χ2n) is 5.93. The van der Waals surface area contributed by atoms with E-state index in [-0.39, 0.29) is 0 Å². The quantitative estimate of drug-likeness (QED) is 0.792. The molecule has 0 atom stereocenters. The minimum Gasteiger partial charge on any atom is -0.390 e. The monoisotopic (exact) mass is 312 g/mol. The first-order valence-electron chi connectivity index (χ1n) is 7.47. The standard InChI is InChI=1S/C16H25ClN2O2/c1-16(20)5-8-19(9-6-16)15-4-3-14(17)11-13(15)12-18-7-10-21-2/h3-4,11,18,20H,5-10,12H2,1-2H3. The number of hydrogen-bond acceptors (Lipinski definition) is 4. The van der Waals surface area contributed by atoms with Crippen LogP contribution in [0.2, 0.25) is 5.02 Å². The molecule has 4 nitrogen and oxygen atoms in total. The number of aliphatic hydroxyl groups is 1. The van der Waals surface area contributed by atoms with E-state index < -0.39 is 5.60 Å². The van der Waals surface area contributed by atoms with E-state index >= 15 is 0 Å². The average Bonchev–Trinajstić information content (AvgIpc) is 2.44. The lowest BCUT2D eigenvalue weighted by molar-refractivity contribution is 0.0351. The van der Waals surface area contributed by atoms with Crippen LogP contribution in [0.1, 0.15) is 25.3 Å². The lowest BCUT2D eigenvalue weighted by Gasteiger charge is -2.38. The van der Waals surface area contributed by atoms with Crippen molar-refractivity contribution in [1.29, 1.82) is 0 Å². The fourth-order valence-electron chi connectivity index (χ4n) is 2.63. The Morgan fingerprint density at radius 2 is 2.10 bits per heavy atom. The minimum atomic E-state index is -0.528. The van der Waals surface area contributed by atoms with E-state index in [9.17, 15) is 5.11 Å². The van der Waals surface area contributed by atoms with Gasteiger partial charge in [-0.05, 0) is 43.5 Å². The van der Waals surface area contributed by atoms with Crippen LogP contribution in [0.5, 0.6) is 0 Å². The number of piperidine rings is 1. The van der Waals surface area contributed by atoms with E-state index in [1.165, 1.54) is 11.3 Å². The van der Waals surface area contributed by atoms with Crippen molar-refractivity contribution in [2.75, 3.05) is 38.3 Å². The zero-order valence-electron chi connectivity index (χ0n) is 12.9. The number of nitrogens with zero attached hydrogens (tertiary/aromatic N) is 1. The SMILES string of the molecule is COCCNCc1cc(Cl)ccc1N1CCC(C)(O)CC1. The first-order valence-corrected chi connectivity index (χ1v) is 7.85. The van der Waals surface area contributed by atoms with Crippen LogP contribution in [0.15, 0.2) is 18.2 Å². The molecule has 2 N–H and O–H groups in total. The summed E-state index contributed by atoms with van der Waals surface area (Å²) in [7, 11) is 1.70. The third kappa shape index (κ3) is 4.85. The normalized spacial score (nSPS) is 18.0. The second-order valence-corrected chi connectivity index (χ2v) is 6.36. The molecule has 2 rings (SSSR count). The molecule has 1 saturated heterocycles. The smallest absolute Gasteiger partial charge is 0.0653 e. The summed E-state index contributed by atoms with van der Waals surface area (Å²) in [5, 5.41) is 14.2. The Hall–Kier alpha value is -0.810. The van der Waals surface area contributed by atoms with Crippen molar-refractivity contribution in [2.45, 2.75) is 31.9 Å². The van der Waals surface area contributed by atoms with Crippen molar-refractivity contribution in [3.63, 3.8) is 0 Å². The van der Waals surface area contributed by atoms with Gasteiger partial charge in [0.2, 0.25) is 0 Å². The van der Waals surface area contributed by atoms with Gasteiger partial charge >= 0.3 is 0 Å². The molecule has 21 heavy (non-hydrogen) atoms. The van der Waals surface area contributed by atoms with Crippen LogP contribution in [-0.2, 0) is 11.3 Å². The molecule has 0 aliphatic carbocycles. The van der Waals surface area contributed by atoms with Gasteiger partial charge in [-0.15, -0.1) is 0 Å². The second kappa shape index (κ2) is 7.45. The van der Waals surface area contributed by atoms with Gasteiger partial charge in [0, 0.05) is 44.0 Å². The van der Waals surface area contributed by atoms with Crippen molar-refractivity contribution >= 4 is 17.3 Å². The molecule has 0 aromatic heterocycles. The van der Waals surface area contributed by atoms with Gasteiger partial charge in [-0.3, -0.25) is 0 Å². The van der Waals surface area contributed by atoms with Crippen LogP contribution in [0.4, 0.5) is 5.69 Å². The molecule has 1 aromatic rings. The molecule has 5 heteroatoms. The fourth-order valence-corrected chi connectivity index (χ4v) is 2.83. The number of halogens is 1. The van der Waals surface area contributed by atoms with Crippen LogP contribution in [-0.4, -0.2) is 44.1 Å². The highest BCUT2D eigenvalue weighted by atomic mass is 35.5. The van der Waals surface area contributed by atoms with Gasteiger partial charge < -0.3 is 20.1 Å². The van der Waals surface area contributed by atoms with E-state index in [4.69, 9.17) is 16.3 Å². The third-order valence-corrected chi connectivity index (χ3v) is 4.26. The van der Waals surface area contributed by atoms with Crippen molar-refractivity contribution in [3.8, 4) is 0 Å². The zero-order chi connectivity index (χ0) is 15.3. The summed E-state index contributed by atoms with van der Waals surface area (Å²) in [6.45, 7) is 5.95. The topological polar surface area (TPSA) is 44.7 Å². The Balaban J connectivity index is 2.04. The van der Waals surface area contributed by atoms with E-state index in [2.05, 4.69) is 16.3 Å². The number of methoxy groups -OCH3 is 1. The highest BCUT2D eigenvalue weighted by Gasteiger charge is 2.28. The molecule has 0 radical (unpaired) electrons. The van der Waals surface area contributed by atoms with Gasteiger partial charge in [0.15, 0.2) is 0 Å². The molecule has 1 aliphatic rings. The molecule has 0 bridgehead atoms. The summed E-state index contributed by atoms with van der Waals surface area (Å²) in [5.74, 6) is 0. The van der Waals surface area contributed by atoms with E-state index in [1.54, 1.807) is 7.11 Å². The maximum absolute atomic E-state index is 10.1. The molecule has 1 aliphatic heterocycles. The minimum absolute atomic E-state index is 0.528. The van der Waals surface area contributed by atoms with Gasteiger partial charge in [-0.1, -0.05) is 11.6 Å². The van der Waals surface area contributed by atoms with Gasteiger partial charge in [0.25, 0.3) is 0 Å². The van der Waals surface area contributed by atoms with Gasteiger partial charge in [-0.2, -0.15) is 0 Å². The van der Waals surface area contributed by atoms with E-state index in [0.717, 1.165) is 44.0 Å². The number of nitrogens with one attached hydrogen (secondary N) is 1. The highest BCUT2D eigenvalue weighted by molar-refractivity contribution is 6.30. The van der Waals surface area contributed by atoms with Crippen molar-refractivity contribution in [3.05, 3.63) is 28.8 Å². The Labute approximate surface area is 132 Å². The van der Waals surface area contributed by atoms with Crippen molar-refractivity contribution < 1.29 is 9.84 Å². The predicted molar refractivity (Wildman–Crippen MR) is 87.1 cm³/mol. The molecule has 0 saturated carbocycles. The summed E-state index contributed by atoms with van der Waals surface area (Å²) in [6.07, 6.45) is 1.60.